The topological polar surface area (TPSA) is 110 Å². The van der Waals surface area contributed by atoms with Crippen LogP contribution in [0.1, 0.15) is 5.82 Å². The van der Waals surface area contributed by atoms with Crippen molar-refractivity contribution in [3.05, 3.63) is 95.0 Å². The molecular formula is C23H20N4O4S. The fourth-order valence-electron chi connectivity index (χ4n) is 3.28. The molecule has 0 atom stereocenters. The first-order valence-electron chi connectivity index (χ1n) is 9.77. The van der Waals surface area contributed by atoms with Crippen LogP contribution in [0, 0.1) is 6.92 Å². The lowest BCUT2D eigenvalue weighted by Gasteiger charge is -2.12. The van der Waals surface area contributed by atoms with Crippen molar-refractivity contribution >= 4 is 38.2 Å². The van der Waals surface area contributed by atoms with Gasteiger partial charge in [0.2, 0.25) is 5.91 Å². The Morgan fingerprint density at radius 3 is 2.41 bits per heavy atom. The Kier molecular flexibility index (Phi) is 5.74. The van der Waals surface area contributed by atoms with E-state index in [0.717, 1.165) is 0 Å². The number of fused-ring (bicyclic) bond motifs is 1. The van der Waals surface area contributed by atoms with Gasteiger partial charge in [-0.1, -0.05) is 36.4 Å². The molecule has 4 aromatic rings. The SMILES string of the molecule is Cc1nc2ccccc2c(=O)n1CC(=O)Nc1cccc(NS(=O)(=O)c2ccccc2)c1. The van der Waals surface area contributed by atoms with Crippen LogP contribution in [-0.2, 0) is 21.4 Å². The van der Waals surface area contributed by atoms with E-state index in [1.807, 2.05) is 0 Å². The lowest BCUT2D eigenvalue weighted by atomic mass is 10.2. The summed E-state index contributed by atoms with van der Waals surface area (Å²) in [5.74, 6) is -0.0106. The number of aryl methyl sites for hydroxylation is 1. The van der Waals surface area contributed by atoms with Crippen molar-refractivity contribution in [3.63, 3.8) is 0 Å². The maximum Gasteiger partial charge on any atom is 0.261 e. The Labute approximate surface area is 184 Å². The minimum atomic E-state index is -3.76. The molecule has 0 radical (unpaired) electrons. The molecule has 1 amide bonds. The van der Waals surface area contributed by atoms with Gasteiger partial charge in [0, 0.05) is 5.69 Å². The lowest BCUT2D eigenvalue weighted by Crippen LogP contribution is -2.30. The fraction of sp³-hybridized carbons (Fsp3) is 0.0870. The first-order chi connectivity index (χ1) is 15.3. The molecule has 1 aromatic heterocycles. The predicted octanol–water partition coefficient (Wildman–Crippen LogP) is 3.14. The van der Waals surface area contributed by atoms with Gasteiger partial charge in [0.05, 0.1) is 21.5 Å². The number of carbonyl (C=O) groups excluding carboxylic acids is 1. The summed E-state index contributed by atoms with van der Waals surface area (Å²) in [5.41, 5.74) is 0.966. The Balaban J connectivity index is 1.52. The zero-order chi connectivity index (χ0) is 22.7. The highest BCUT2D eigenvalue weighted by atomic mass is 32.2. The number of hydrogen-bond acceptors (Lipinski definition) is 5. The molecule has 0 unspecified atom stereocenters. The van der Waals surface area contributed by atoms with Gasteiger partial charge >= 0.3 is 0 Å². The number of amides is 1. The fourth-order valence-corrected chi connectivity index (χ4v) is 4.35. The highest BCUT2D eigenvalue weighted by Crippen LogP contribution is 2.19. The number of carbonyl (C=O) groups is 1. The van der Waals surface area contributed by atoms with E-state index in [-0.39, 0.29) is 17.0 Å². The molecule has 0 aliphatic carbocycles. The van der Waals surface area contributed by atoms with Crippen LogP contribution in [0.15, 0.2) is 88.6 Å². The molecule has 0 fully saturated rings. The van der Waals surface area contributed by atoms with Gasteiger partial charge in [-0.15, -0.1) is 0 Å². The number of nitrogens with zero attached hydrogens (tertiary/aromatic N) is 2. The molecule has 8 nitrogen and oxygen atoms in total. The van der Waals surface area contributed by atoms with Gasteiger partial charge in [-0.3, -0.25) is 18.9 Å². The minimum absolute atomic E-state index is 0.132. The van der Waals surface area contributed by atoms with Crippen molar-refractivity contribution in [1.29, 1.82) is 0 Å². The number of hydrogen-bond donors (Lipinski definition) is 2. The van der Waals surface area contributed by atoms with Crippen LogP contribution in [0.5, 0.6) is 0 Å². The number of aromatic nitrogens is 2. The first-order valence-corrected chi connectivity index (χ1v) is 11.3. The van der Waals surface area contributed by atoms with Crippen molar-refractivity contribution in [1.82, 2.24) is 9.55 Å². The van der Waals surface area contributed by atoms with Crippen LogP contribution >= 0.6 is 0 Å². The van der Waals surface area contributed by atoms with Gasteiger partial charge in [0.1, 0.15) is 12.4 Å². The summed E-state index contributed by atoms with van der Waals surface area (Å²) in [6.45, 7) is 1.45. The van der Waals surface area contributed by atoms with Crippen LogP contribution in [0.25, 0.3) is 10.9 Å². The summed E-state index contributed by atoms with van der Waals surface area (Å²) in [7, 11) is -3.76. The third-order valence-corrected chi connectivity index (χ3v) is 6.20. The predicted molar refractivity (Wildman–Crippen MR) is 123 cm³/mol. The smallest absolute Gasteiger partial charge is 0.261 e. The molecule has 0 aliphatic heterocycles. The van der Waals surface area contributed by atoms with Crippen LogP contribution in [-0.4, -0.2) is 23.9 Å². The molecule has 2 N–H and O–H groups in total. The maximum atomic E-state index is 12.7. The number of para-hydroxylation sites is 1. The second-order valence-electron chi connectivity index (χ2n) is 7.11. The van der Waals surface area contributed by atoms with E-state index in [1.165, 1.54) is 22.8 Å². The van der Waals surface area contributed by atoms with Crippen molar-refractivity contribution in [2.75, 3.05) is 10.0 Å². The monoisotopic (exact) mass is 448 g/mol. The Hall–Kier alpha value is -3.98. The molecule has 0 bridgehead atoms. The van der Waals surface area contributed by atoms with Gasteiger partial charge in [0.15, 0.2) is 0 Å². The first kappa shape index (κ1) is 21.3. The number of anilines is 2. The third kappa shape index (κ3) is 4.52. The molecule has 9 heteroatoms. The zero-order valence-electron chi connectivity index (χ0n) is 17.1. The molecule has 0 aliphatic rings. The highest BCUT2D eigenvalue weighted by Gasteiger charge is 2.15. The van der Waals surface area contributed by atoms with Gasteiger partial charge in [-0.2, -0.15) is 0 Å². The number of benzene rings is 3. The van der Waals surface area contributed by atoms with Gasteiger partial charge in [-0.25, -0.2) is 13.4 Å². The summed E-state index contributed by atoms with van der Waals surface area (Å²) < 4.78 is 28.8. The van der Waals surface area contributed by atoms with Gasteiger partial charge in [-0.05, 0) is 49.4 Å². The summed E-state index contributed by atoms with van der Waals surface area (Å²) in [6.07, 6.45) is 0. The summed E-state index contributed by atoms with van der Waals surface area (Å²) >= 11 is 0. The van der Waals surface area contributed by atoms with Crippen molar-refractivity contribution < 1.29 is 13.2 Å². The second-order valence-corrected chi connectivity index (χ2v) is 8.80. The van der Waals surface area contributed by atoms with E-state index in [1.54, 1.807) is 67.6 Å². The number of rotatable bonds is 6. The lowest BCUT2D eigenvalue weighted by molar-refractivity contribution is -0.116. The van der Waals surface area contributed by atoms with E-state index in [2.05, 4.69) is 15.0 Å². The van der Waals surface area contributed by atoms with Gasteiger partial charge < -0.3 is 5.32 Å². The molecule has 3 aromatic carbocycles. The Morgan fingerprint density at radius 1 is 0.938 bits per heavy atom. The number of sulfonamides is 1. The molecule has 4 rings (SSSR count). The third-order valence-electron chi connectivity index (χ3n) is 4.81. The van der Waals surface area contributed by atoms with E-state index < -0.39 is 15.9 Å². The van der Waals surface area contributed by atoms with E-state index in [0.29, 0.717) is 28.1 Å². The average Bonchev–Trinajstić information content (AvgIpc) is 2.77. The Bertz CT molecular complexity index is 1460. The molecule has 0 spiro atoms. The quantitative estimate of drug-likeness (QED) is 0.471. The largest absolute Gasteiger partial charge is 0.324 e. The zero-order valence-corrected chi connectivity index (χ0v) is 18.0. The molecule has 1 heterocycles. The van der Waals surface area contributed by atoms with Crippen molar-refractivity contribution in [3.8, 4) is 0 Å². The van der Waals surface area contributed by atoms with Crippen LogP contribution in [0.2, 0.25) is 0 Å². The molecule has 162 valence electrons. The minimum Gasteiger partial charge on any atom is -0.324 e. The van der Waals surface area contributed by atoms with Crippen molar-refractivity contribution in [2.45, 2.75) is 18.4 Å². The summed E-state index contributed by atoms with van der Waals surface area (Å²) in [5, 5.41) is 3.13. The van der Waals surface area contributed by atoms with E-state index in [4.69, 9.17) is 0 Å². The standard InChI is InChI=1S/C23H20N4O4S/c1-16-24-21-13-6-5-12-20(21)23(29)27(16)15-22(28)25-17-8-7-9-18(14-17)26-32(30,31)19-10-3-2-4-11-19/h2-14,26H,15H2,1H3,(H,25,28). The van der Waals surface area contributed by atoms with Crippen LogP contribution in [0.3, 0.4) is 0 Å². The van der Waals surface area contributed by atoms with Crippen molar-refractivity contribution in [2.24, 2.45) is 0 Å². The van der Waals surface area contributed by atoms with Crippen LogP contribution < -0.4 is 15.6 Å². The van der Waals surface area contributed by atoms with E-state index in [9.17, 15) is 18.0 Å². The Morgan fingerprint density at radius 2 is 1.62 bits per heavy atom. The number of nitrogens with one attached hydrogen (secondary N) is 2. The summed E-state index contributed by atoms with van der Waals surface area (Å²) in [6, 6.07) is 21.3. The second kappa shape index (κ2) is 8.64. The molecule has 0 saturated carbocycles. The van der Waals surface area contributed by atoms with Gasteiger partial charge in [0.25, 0.3) is 15.6 Å². The molecular weight excluding hydrogens is 428 g/mol. The van der Waals surface area contributed by atoms with Crippen LogP contribution in [0.4, 0.5) is 11.4 Å². The molecule has 0 saturated heterocycles. The highest BCUT2D eigenvalue weighted by molar-refractivity contribution is 7.92. The van der Waals surface area contributed by atoms with E-state index >= 15 is 0 Å². The normalized spacial score (nSPS) is 11.3. The summed E-state index contributed by atoms with van der Waals surface area (Å²) in [4.78, 5) is 29.9. The average molecular weight is 449 g/mol. The molecule has 32 heavy (non-hydrogen) atoms. The maximum absolute atomic E-state index is 12.7.